The Kier molecular flexibility index (Phi) is 3.28. The molecule has 3 heteroatoms. The van der Waals surface area contributed by atoms with Crippen molar-refractivity contribution in [3.63, 3.8) is 0 Å². The Balaban J connectivity index is 1.88. The zero-order valence-corrected chi connectivity index (χ0v) is 11.4. The van der Waals surface area contributed by atoms with Crippen LogP contribution in [-0.4, -0.2) is 11.0 Å². The molecule has 0 aliphatic heterocycles. The standard InChI is InChI=1S/C16H21N3/c1-2-12(10-11-6-7-11)19-15-8-9-18-16-13(15)4-3-5-14(16)17/h3-5,8-9,11-12H,2,6-7,10,17H2,1H3,(H,18,19). The van der Waals surface area contributed by atoms with Crippen LogP contribution in [-0.2, 0) is 0 Å². The molecule has 0 radical (unpaired) electrons. The van der Waals surface area contributed by atoms with Crippen LogP contribution in [0.25, 0.3) is 10.9 Å². The SMILES string of the molecule is CCC(CC1CC1)Nc1ccnc2c(N)cccc12. The third-order valence-electron chi connectivity index (χ3n) is 3.97. The fourth-order valence-electron chi connectivity index (χ4n) is 2.63. The first-order valence-corrected chi connectivity index (χ1v) is 7.17. The molecular weight excluding hydrogens is 234 g/mol. The van der Waals surface area contributed by atoms with Gasteiger partial charge in [0.15, 0.2) is 0 Å². The highest BCUT2D eigenvalue weighted by Gasteiger charge is 2.24. The van der Waals surface area contributed by atoms with Gasteiger partial charge in [0.2, 0.25) is 0 Å². The molecule has 1 aromatic heterocycles. The Bertz CT molecular complexity index is 575. The van der Waals surface area contributed by atoms with Crippen molar-refractivity contribution in [1.29, 1.82) is 0 Å². The molecule has 3 N–H and O–H groups in total. The first-order valence-electron chi connectivity index (χ1n) is 7.17. The second kappa shape index (κ2) is 5.08. The summed E-state index contributed by atoms with van der Waals surface area (Å²) >= 11 is 0. The summed E-state index contributed by atoms with van der Waals surface area (Å²) in [5.41, 5.74) is 8.79. The number of benzene rings is 1. The first kappa shape index (κ1) is 12.3. The lowest BCUT2D eigenvalue weighted by molar-refractivity contribution is 0.587. The van der Waals surface area contributed by atoms with Gasteiger partial charge in [-0.15, -0.1) is 0 Å². The summed E-state index contributed by atoms with van der Waals surface area (Å²) < 4.78 is 0. The van der Waals surface area contributed by atoms with Crippen molar-refractivity contribution in [2.75, 3.05) is 11.1 Å². The molecule has 1 aliphatic carbocycles. The molecule has 2 aromatic rings. The number of pyridine rings is 1. The molecular formula is C16H21N3. The molecule has 100 valence electrons. The van der Waals surface area contributed by atoms with E-state index in [4.69, 9.17) is 5.73 Å². The van der Waals surface area contributed by atoms with Crippen molar-refractivity contribution < 1.29 is 0 Å². The van der Waals surface area contributed by atoms with Gasteiger partial charge in [0, 0.05) is 23.3 Å². The quantitative estimate of drug-likeness (QED) is 0.799. The number of nitrogens with two attached hydrogens (primary N) is 1. The number of rotatable bonds is 5. The summed E-state index contributed by atoms with van der Waals surface area (Å²) in [5.74, 6) is 0.940. The van der Waals surface area contributed by atoms with E-state index in [1.165, 1.54) is 19.3 Å². The van der Waals surface area contributed by atoms with Crippen molar-refractivity contribution in [2.24, 2.45) is 5.92 Å². The molecule has 0 spiro atoms. The Morgan fingerprint density at radius 1 is 1.37 bits per heavy atom. The van der Waals surface area contributed by atoms with Crippen molar-refractivity contribution in [2.45, 2.75) is 38.6 Å². The average Bonchev–Trinajstić information content (AvgIpc) is 3.23. The van der Waals surface area contributed by atoms with Crippen LogP contribution < -0.4 is 11.1 Å². The van der Waals surface area contributed by atoms with Gasteiger partial charge in [-0.1, -0.05) is 31.9 Å². The number of fused-ring (bicyclic) bond motifs is 1. The van der Waals surface area contributed by atoms with Crippen molar-refractivity contribution >= 4 is 22.3 Å². The zero-order chi connectivity index (χ0) is 13.2. The molecule has 1 heterocycles. The highest BCUT2D eigenvalue weighted by Crippen LogP contribution is 2.35. The second-order valence-corrected chi connectivity index (χ2v) is 5.53. The van der Waals surface area contributed by atoms with E-state index in [1.54, 1.807) is 0 Å². The van der Waals surface area contributed by atoms with Gasteiger partial charge in [-0.2, -0.15) is 0 Å². The van der Waals surface area contributed by atoms with Gasteiger partial charge in [-0.05, 0) is 30.9 Å². The molecule has 0 amide bonds. The normalized spacial score (nSPS) is 16.5. The van der Waals surface area contributed by atoms with Crippen molar-refractivity contribution in [1.82, 2.24) is 4.98 Å². The van der Waals surface area contributed by atoms with E-state index < -0.39 is 0 Å². The van der Waals surface area contributed by atoms with Crippen LogP contribution in [0.3, 0.4) is 0 Å². The molecule has 19 heavy (non-hydrogen) atoms. The number of hydrogen-bond acceptors (Lipinski definition) is 3. The minimum absolute atomic E-state index is 0.555. The van der Waals surface area contributed by atoms with Crippen LogP contribution in [0.4, 0.5) is 11.4 Å². The van der Waals surface area contributed by atoms with Gasteiger partial charge in [0.05, 0.1) is 11.2 Å². The van der Waals surface area contributed by atoms with Crippen LogP contribution in [0.5, 0.6) is 0 Å². The fraction of sp³-hybridized carbons (Fsp3) is 0.438. The maximum Gasteiger partial charge on any atom is 0.0951 e. The minimum atomic E-state index is 0.555. The number of aromatic nitrogens is 1. The predicted molar refractivity (Wildman–Crippen MR) is 81.2 cm³/mol. The third kappa shape index (κ3) is 2.65. The number of nitrogens with one attached hydrogen (secondary N) is 1. The molecule has 1 atom stereocenters. The molecule has 1 aromatic carbocycles. The van der Waals surface area contributed by atoms with Gasteiger partial charge in [0.1, 0.15) is 0 Å². The maximum absolute atomic E-state index is 5.99. The smallest absolute Gasteiger partial charge is 0.0951 e. The zero-order valence-electron chi connectivity index (χ0n) is 11.4. The number of nitrogens with zero attached hydrogens (tertiary/aromatic N) is 1. The first-order chi connectivity index (χ1) is 9.28. The van der Waals surface area contributed by atoms with Crippen LogP contribution in [0.1, 0.15) is 32.6 Å². The predicted octanol–water partition coefficient (Wildman–Crippen LogP) is 3.81. The summed E-state index contributed by atoms with van der Waals surface area (Å²) in [7, 11) is 0. The van der Waals surface area contributed by atoms with Crippen LogP contribution in [0, 0.1) is 5.92 Å². The van der Waals surface area contributed by atoms with Crippen LogP contribution in [0.15, 0.2) is 30.5 Å². The van der Waals surface area contributed by atoms with E-state index in [2.05, 4.69) is 29.4 Å². The van der Waals surface area contributed by atoms with E-state index in [0.29, 0.717) is 6.04 Å². The van der Waals surface area contributed by atoms with Gasteiger partial charge in [-0.3, -0.25) is 4.98 Å². The van der Waals surface area contributed by atoms with Crippen molar-refractivity contribution in [3.05, 3.63) is 30.5 Å². The third-order valence-corrected chi connectivity index (χ3v) is 3.97. The largest absolute Gasteiger partial charge is 0.397 e. The summed E-state index contributed by atoms with van der Waals surface area (Å²) in [4.78, 5) is 4.38. The minimum Gasteiger partial charge on any atom is -0.397 e. The van der Waals surface area contributed by atoms with E-state index in [0.717, 1.165) is 34.6 Å². The van der Waals surface area contributed by atoms with Crippen LogP contribution in [0.2, 0.25) is 0 Å². The lowest BCUT2D eigenvalue weighted by Gasteiger charge is -2.19. The average molecular weight is 255 g/mol. The van der Waals surface area contributed by atoms with Crippen LogP contribution >= 0.6 is 0 Å². The Morgan fingerprint density at radius 3 is 2.95 bits per heavy atom. The lowest BCUT2D eigenvalue weighted by atomic mass is 10.1. The number of nitrogen functional groups attached to an aromatic ring is 1. The summed E-state index contributed by atoms with van der Waals surface area (Å²) in [5, 5.41) is 4.80. The van der Waals surface area contributed by atoms with Gasteiger partial charge < -0.3 is 11.1 Å². The Morgan fingerprint density at radius 2 is 2.21 bits per heavy atom. The fourth-order valence-corrected chi connectivity index (χ4v) is 2.63. The van der Waals surface area contributed by atoms with E-state index in [-0.39, 0.29) is 0 Å². The second-order valence-electron chi connectivity index (χ2n) is 5.53. The molecule has 1 unspecified atom stereocenters. The van der Waals surface area contributed by atoms with E-state index in [9.17, 15) is 0 Å². The molecule has 1 fully saturated rings. The Labute approximate surface area is 114 Å². The number of anilines is 2. The van der Waals surface area contributed by atoms with E-state index >= 15 is 0 Å². The molecule has 1 saturated carbocycles. The highest BCUT2D eigenvalue weighted by molar-refractivity contribution is 5.97. The summed E-state index contributed by atoms with van der Waals surface area (Å²) in [6.45, 7) is 2.25. The molecule has 1 aliphatic rings. The maximum atomic E-state index is 5.99. The summed E-state index contributed by atoms with van der Waals surface area (Å²) in [6.07, 6.45) is 7.08. The highest BCUT2D eigenvalue weighted by atomic mass is 14.9. The monoisotopic (exact) mass is 255 g/mol. The van der Waals surface area contributed by atoms with Gasteiger partial charge in [-0.25, -0.2) is 0 Å². The molecule has 0 bridgehead atoms. The molecule has 0 saturated heterocycles. The summed E-state index contributed by atoms with van der Waals surface area (Å²) in [6, 6.07) is 8.59. The topological polar surface area (TPSA) is 50.9 Å². The lowest BCUT2D eigenvalue weighted by Crippen LogP contribution is -2.19. The Hall–Kier alpha value is -1.77. The molecule has 3 rings (SSSR count). The number of para-hydroxylation sites is 1. The number of hydrogen-bond donors (Lipinski definition) is 2. The van der Waals surface area contributed by atoms with Gasteiger partial charge >= 0.3 is 0 Å². The molecule has 3 nitrogen and oxygen atoms in total. The van der Waals surface area contributed by atoms with Gasteiger partial charge in [0.25, 0.3) is 0 Å². The van der Waals surface area contributed by atoms with Crippen molar-refractivity contribution in [3.8, 4) is 0 Å². The van der Waals surface area contributed by atoms with E-state index in [1.807, 2.05) is 18.3 Å².